The van der Waals surface area contributed by atoms with Crippen LogP contribution < -0.4 is 10.6 Å². The van der Waals surface area contributed by atoms with Gasteiger partial charge in [0.2, 0.25) is 11.8 Å². The Kier molecular flexibility index (Phi) is 4.58. The third-order valence-corrected chi connectivity index (χ3v) is 4.11. The molecule has 5 nitrogen and oxygen atoms in total. The van der Waals surface area contributed by atoms with E-state index in [1.165, 1.54) is 0 Å². The van der Waals surface area contributed by atoms with Gasteiger partial charge in [0.25, 0.3) is 0 Å². The van der Waals surface area contributed by atoms with E-state index in [1.807, 2.05) is 4.90 Å². The third-order valence-electron chi connectivity index (χ3n) is 4.11. The molecule has 5 heteroatoms. The number of hydrogen-bond donors (Lipinski definition) is 2. The Balaban J connectivity index is 1.81. The number of carbonyl (C=O) groups excluding carboxylic acids is 2. The monoisotopic (exact) mass is 253 g/mol. The molecule has 0 aromatic rings. The quantitative estimate of drug-likeness (QED) is 0.726. The van der Waals surface area contributed by atoms with E-state index in [4.69, 9.17) is 0 Å². The molecule has 2 saturated heterocycles. The van der Waals surface area contributed by atoms with Gasteiger partial charge in [-0.3, -0.25) is 9.59 Å². The Bertz CT molecular complexity index is 305. The van der Waals surface area contributed by atoms with Crippen LogP contribution in [0.15, 0.2) is 0 Å². The molecule has 0 saturated carbocycles. The van der Waals surface area contributed by atoms with Crippen molar-refractivity contribution in [2.75, 3.05) is 33.2 Å². The van der Waals surface area contributed by atoms with Crippen LogP contribution in [0, 0.1) is 11.8 Å². The zero-order chi connectivity index (χ0) is 13.0. The summed E-state index contributed by atoms with van der Waals surface area (Å²) in [5, 5.41) is 5.97. The number of likely N-dealkylation sites (tertiary alicyclic amines) is 1. The molecule has 2 aliphatic rings. The standard InChI is InChI=1S/C13H23N3O2/c1-14-12(17)10-4-8-16(9-5-10)13(18)11-2-6-15-7-3-11/h10-11,15H,2-9H2,1H3,(H,14,17). The van der Waals surface area contributed by atoms with Crippen LogP contribution >= 0.6 is 0 Å². The maximum absolute atomic E-state index is 12.3. The second-order valence-corrected chi connectivity index (χ2v) is 5.24. The molecule has 2 aliphatic heterocycles. The molecule has 0 unspecified atom stereocenters. The fraction of sp³-hybridized carbons (Fsp3) is 0.846. The number of carbonyl (C=O) groups is 2. The SMILES string of the molecule is CNC(=O)C1CCN(C(=O)C2CCNCC2)CC1. The fourth-order valence-corrected chi connectivity index (χ4v) is 2.89. The highest BCUT2D eigenvalue weighted by atomic mass is 16.2. The van der Waals surface area contributed by atoms with E-state index in [1.54, 1.807) is 7.05 Å². The maximum atomic E-state index is 12.3. The first-order valence-corrected chi connectivity index (χ1v) is 6.93. The average molecular weight is 253 g/mol. The zero-order valence-corrected chi connectivity index (χ0v) is 11.1. The zero-order valence-electron chi connectivity index (χ0n) is 11.1. The Morgan fingerprint density at radius 3 is 2.22 bits per heavy atom. The number of rotatable bonds is 2. The summed E-state index contributed by atoms with van der Waals surface area (Å²) >= 11 is 0. The summed E-state index contributed by atoms with van der Waals surface area (Å²) < 4.78 is 0. The first kappa shape index (κ1) is 13.3. The molecule has 0 aromatic carbocycles. The van der Waals surface area contributed by atoms with Crippen molar-refractivity contribution in [1.29, 1.82) is 0 Å². The molecule has 0 bridgehead atoms. The molecule has 0 aliphatic carbocycles. The van der Waals surface area contributed by atoms with Gasteiger partial charge < -0.3 is 15.5 Å². The van der Waals surface area contributed by atoms with E-state index < -0.39 is 0 Å². The van der Waals surface area contributed by atoms with Gasteiger partial charge in [0, 0.05) is 32.0 Å². The first-order valence-electron chi connectivity index (χ1n) is 6.93. The van der Waals surface area contributed by atoms with Crippen molar-refractivity contribution in [3.8, 4) is 0 Å². The fourth-order valence-electron chi connectivity index (χ4n) is 2.89. The molecule has 2 amide bonds. The summed E-state index contributed by atoms with van der Waals surface area (Å²) in [6.07, 6.45) is 3.51. The molecule has 102 valence electrons. The Morgan fingerprint density at radius 2 is 1.67 bits per heavy atom. The van der Waals surface area contributed by atoms with Crippen LogP contribution in [-0.4, -0.2) is 49.9 Å². The Labute approximate surface area is 108 Å². The highest BCUT2D eigenvalue weighted by Gasteiger charge is 2.30. The molecule has 2 heterocycles. The molecule has 2 N–H and O–H groups in total. The van der Waals surface area contributed by atoms with E-state index >= 15 is 0 Å². The second-order valence-electron chi connectivity index (χ2n) is 5.24. The van der Waals surface area contributed by atoms with Crippen LogP contribution in [0.2, 0.25) is 0 Å². The van der Waals surface area contributed by atoms with Crippen LogP contribution in [0.4, 0.5) is 0 Å². The van der Waals surface area contributed by atoms with Crippen LogP contribution in [0.3, 0.4) is 0 Å². The lowest BCUT2D eigenvalue weighted by Crippen LogP contribution is -2.46. The third kappa shape index (κ3) is 3.02. The smallest absolute Gasteiger partial charge is 0.225 e. The van der Waals surface area contributed by atoms with Crippen molar-refractivity contribution in [2.24, 2.45) is 11.8 Å². The largest absolute Gasteiger partial charge is 0.359 e. The lowest BCUT2D eigenvalue weighted by Gasteiger charge is -2.34. The molecule has 0 aromatic heterocycles. The predicted molar refractivity (Wildman–Crippen MR) is 69.0 cm³/mol. The number of amides is 2. The second kappa shape index (κ2) is 6.18. The van der Waals surface area contributed by atoms with E-state index in [0.29, 0.717) is 5.91 Å². The van der Waals surface area contributed by atoms with Crippen molar-refractivity contribution in [2.45, 2.75) is 25.7 Å². The molecule has 18 heavy (non-hydrogen) atoms. The maximum Gasteiger partial charge on any atom is 0.225 e. The highest BCUT2D eigenvalue weighted by Crippen LogP contribution is 2.21. The summed E-state index contributed by atoms with van der Waals surface area (Å²) in [5.41, 5.74) is 0. The van der Waals surface area contributed by atoms with Crippen molar-refractivity contribution >= 4 is 11.8 Å². The summed E-state index contributed by atoms with van der Waals surface area (Å²) in [5.74, 6) is 0.700. The van der Waals surface area contributed by atoms with Crippen molar-refractivity contribution in [1.82, 2.24) is 15.5 Å². The lowest BCUT2D eigenvalue weighted by atomic mass is 9.92. The first-order chi connectivity index (χ1) is 8.72. The summed E-state index contributed by atoms with van der Waals surface area (Å²) in [6, 6.07) is 0. The van der Waals surface area contributed by atoms with Gasteiger partial charge >= 0.3 is 0 Å². The van der Waals surface area contributed by atoms with Crippen LogP contribution in [0.5, 0.6) is 0 Å². The molecular formula is C13H23N3O2. The Hall–Kier alpha value is -1.10. The molecule has 2 rings (SSSR count). The molecule has 0 atom stereocenters. The topological polar surface area (TPSA) is 61.4 Å². The Morgan fingerprint density at radius 1 is 1.06 bits per heavy atom. The summed E-state index contributed by atoms with van der Waals surface area (Å²) in [4.78, 5) is 25.8. The number of nitrogens with zero attached hydrogens (tertiary/aromatic N) is 1. The van der Waals surface area contributed by atoms with Crippen molar-refractivity contribution in [3.63, 3.8) is 0 Å². The van der Waals surface area contributed by atoms with Gasteiger partial charge in [-0.15, -0.1) is 0 Å². The van der Waals surface area contributed by atoms with Crippen LogP contribution in [0.25, 0.3) is 0 Å². The van der Waals surface area contributed by atoms with E-state index in [-0.39, 0.29) is 17.7 Å². The molecule has 0 spiro atoms. The number of piperidine rings is 2. The van der Waals surface area contributed by atoms with Gasteiger partial charge in [-0.25, -0.2) is 0 Å². The van der Waals surface area contributed by atoms with Gasteiger partial charge in [0.15, 0.2) is 0 Å². The molecular weight excluding hydrogens is 230 g/mol. The molecule has 0 radical (unpaired) electrons. The minimum absolute atomic E-state index is 0.0899. The van der Waals surface area contributed by atoms with E-state index in [2.05, 4.69) is 10.6 Å². The van der Waals surface area contributed by atoms with E-state index in [9.17, 15) is 9.59 Å². The van der Waals surface area contributed by atoms with Gasteiger partial charge in [0.1, 0.15) is 0 Å². The van der Waals surface area contributed by atoms with Gasteiger partial charge in [-0.1, -0.05) is 0 Å². The average Bonchev–Trinajstić information content (AvgIpc) is 2.47. The molecule has 2 fully saturated rings. The minimum atomic E-state index is 0.0899. The minimum Gasteiger partial charge on any atom is -0.359 e. The van der Waals surface area contributed by atoms with Gasteiger partial charge in [0.05, 0.1) is 0 Å². The normalized spacial score (nSPS) is 22.8. The lowest BCUT2D eigenvalue weighted by molar-refractivity contribution is -0.139. The van der Waals surface area contributed by atoms with Gasteiger partial charge in [-0.2, -0.15) is 0 Å². The van der Waals surface area contributed by atoms with Crippen molar-refractivity contribution in [3.05, 3.63) is 0 Å². The summed E-state index contributed by atoms with van der Waals surface area (Å²) in [6.45, 7) is 3.37. The number of hydrogen-bond acceptors (Lipinski definition) is 3. The van der Waals surface area contributed by atoms with Crippen LogP contribution in [0.1, 0.15) is 25.7 Å². The van der Waals surface area contributed by atoms with Gasteiger partial charge in [-0.05, 0) is 38.8 Å². The highest BCUT2D eigenvalue weighted by molar-refractivity contribution is 5.81. The van der Waals surface area contributed by atoms with E-state index in [0.717, 1.165) is 51.9 Å². The van der Waals surface area contributed by atoms with Crippen LogP contribution in [-0.2, 0) is 9.59 Å². The number of nitrogens with one attached hydrogen (secondary N) is 2. The van der Waals surface area contributed by atoms with Crippen molar-refractivity contribution < 1.29 is 9.59 Å². The summed E-state index contributed by atoms with van der Waals surface area (Å²) in [7, 11) is 1.68. The predicted octanol–water partition coefficient (Wildman–Crippen LogP) is -0.0294.